The minimum atomic E-state index is -1.08. The van der Waals surface area contributed by atoms with Crippen molar-refractivity contribution in [1.29, 1.82) is 0 Å². The Morgan fingerprint density at radius 1 is 0.967 bits per heavy atom. The number of imide groups is 2. The molecule has 4 aliphatic rings. The van der Waals surface area contributed by atoms with Gasteiger partial charge in [-0.1, -0.05) is 61.1 Å². The van der Waals surface area contributed by atoms with Crippen LogP contribution in [0.5, 0.6) is 11.5 Å². The van der Waals surface area contributed by atoms with E-state index in [-0.39, 0.29) is 35.2 Å². The molecule has 5 N–H and O–H groups in total. The fourth-order valence-corrected chi connectivity index (χ4v) is 9.14. The molecule has 1 aromatic heterocycles. The number of benzene rings is 2. The van der Waals surface area contributed by atoms with Gasteiger partial charge in [0.05, 0.1) is 23.1 Å². The number of amides is 5. The van der Waals surface area contributed by atoms with Crippen molar-refractivity contribution in [1.82, 2.24) is 25.4 Å². The van der Waals surface area contributed by atoms with Crippen molar-refractivity contribution in [3.8, 4) is 23.3 Å². The summed E-state index contributed by atoms with van der Waals surface area (Å²) >= 11 is 1.77. The number of piperidine rings is 2. The number of carbonyl (C=O) groups is 5. The van der Waals surface area contributed by atoms with Gasteiger partial charge in [0.15, 0.2) is 11.6 Å². The maximum atomic E-state index is 13.3. The van der Waals surface area contributed by atoms with Crippen molar-refractivity contribution in [2.45, 2.75) is 102 Å². The zero-order chi connectivity index (χ0) is 43.1. The lowest BCUT2D eigenvalue weighted by Gasteiger charge is -2.34. The summed E-state index contributed by atoms with van der Waals surface area (Å²) in [5.41, 5.74) is 8.09. The largest absolute Gasteiger partial charge is 0.493 e. The van der Waals surface area contributed by atoms with Crippen LogP contribution in [0.25, 0.3) is 4.91 Å². The van der Waals surface area contributed by atoms with E-state index in [1.807, 2.05) is 41.4 Å². The number of nitrogens with two attached hydrogens (primary N) is 1. The third kappa shape index (κ3) is 10.7. The van der Waals surface area contributed by atoms with Crippen LogP contribution in [0.2, 0.25) is 0 Å². The van der Waals surface area contributed by atoms with Gasteiger partial charge in [0, 0.05) is 54.4 Å². The van der Waals surface area contributed by atoms with Crippen molar-refractivity contribution in [3.05, 3.63) is 88.7 Å². The maximum absolute atomic E-state index is 13.3. The average molecular weight is 849 g/mol. The number of pyridine rings is 1. The molecule has 15 heteroatoms. The van der Waals surface area contributed by atoms with Gasteiger partial charge in [-0.05, 0) is 87.8 Å². The molecule has 2 aromatic carbocycles. The summed E-state index contributed by atoms with van der Waals surface area (Å²) in [6.45, 7) is 5.42. The van der Waals surface area contributed by atoms with Gasteiger partial charge < -0.3 is 30.5 Å². The van der Waals surface area contributed by atoms with Gasteiger partial charge in [0.1, 0.15) is 24.0 Å². The summed E-state index contributed by atoms with van der Waals surface area (Å²) in [5.74, 6) is 5.36. The molecule has 0 aliphatic carbocycles. The van der Waals surface area contributed by atoms with Gasteiger partial charge in [-0.2, -0.15) is 0 Å². The number of anilines is 1. The highest BCUT2D eigenvalue weighted by Crippen LogP contribution is 2.41. The Morgan fingerprint density at radius 2 is 1.74 bits per heavy atom. The molecule has 0 radical (unpaired) electrons. The summed E-state index contributed by atoms with van der Waals surface area (Å²) in [4.78, 5) is 71.8. The molecule has 2 saturated heterocycles. The molecule has 2 atom stereocenters. The zero-order valence-electron chi connectivity index (χ0n) is 34.5. The van der Waals surface area contributed by atoms with Gasteiger partial charge in [0.25, 0.3) is 11.8 Å². The Labute approximate surface area is 360 Å². The number of hydrogen-bond acceptors (Lipinski definition) is 12. The summed E-state index contributed by atoms with van der Waals surface area (Å²) in [6, 6.07) is 13.4. The number of nitrogens with one attached hydrogen (secondary N) is 2. The van der Waals surface area contributed by atoms with Crippen LogP contribution in [0.4, 0.5) is 5.82 Å². The Morgan fingerprint density at radius 3 is 2.52 bits per heavy atom. The van der Waals surface area contributed by atoms with Crippen molar-refractivity contribution in [3.63, 3.8) is 0 Å². The van der Waals surface area contributed by atoms with Crippen molar-refractivity contribution in [2.24, 2.45) is 5.92 Å². The Balaban J connectivity index is 0.779. The number of nitrogen functional groups attached to an aromatic ring is 1. The van der Waals surface area contributed by atoms with E-state index < -0.39 is 35.3 Å². The Kier molecular flexibility index (Phi) is 13.6. The number of rotatable bonds is 15. The van der Waals surface area contributed by atoms with Gasteiger partial charge in [0.2, 0.25) is 17.7 Å². The summed E-state index contributed by atoms with van der Waals surface area (Å²) in [5, 5.41) is 15.9. The molecule has 320 valence electrons. The minimum Gasteiger partial charge on any atom is -0.493 e. The second-order valence-electron chi connectivity index (χ2n) is 16.3. The monoisotopic (exact) mass is 848 g/mol. The summed E-state index contributed by atoms with van der Waals surface area (Å²) in [7, 11) is 0. The first kappa shape index (κ1) is 43.2. The Bertz CT molecular complexity index is 2270. The molecule has 61 heavy (non-hydrogen) atoms. The van der Waals surface area contributed by atoms with Crippen LogP contribution < -0.4 is 25.8 Å². The number of fused-ring (bicyclic) bond motifs is 1. The second-order valence-corrected chi connectivity index (χ2v) is 17.5. The number of unbranched alkanes of at least 4 members (excludes halogenated alkanes) is 4. The topological polar surface area (TPSA) is 193 Å². The smallest absolute Gasteiger partial charge is 0.266 e. The SMILES string of the molecule is CC(C)(O)C#Cc1cccc(COc2cc(C3=CNC(C4CCN(C(=O)CCCCCCCOc5cccc6c5C(=O)N(C5CCC(=O)NC5=O)C6=O)CC4)S3)cnc2N)c1. The maximum Gasteiger partial charge on any atom is 0.266 e. The van der Waals surface area contributed by atoms with E-state index in [1.165, 1.54) is 0 Å². The number of hydrogen-bond donors (Lipinski definition) is 4. The summed E-state index contributed by atoms with van der Waals surface area (Å²) < 4.78 is 12.0. The van der Waals surface area contributed by atoms with Crippen LogP contribution in [-0.4, -0.2) is 86.1 Å². The van der Waals surface area contributed by atoms with Gasteiger partial charge in [-0.25, -0.2) is 4.98 Å². The van der Waals surface area contributed by atoms with Crippen LogP contribution in [-0.2, 0) is 21.0 Å². The molecule has 5 heterocycles. The molecule has 5 amide bonds. The molecule has 2 unspecified atom stereocenters. The molecular formula is C46H52N6O8S. The normalized spacial score (nSPS) is 19.2. The van der Waals surface area contributed by atoms with E-state index in [9.17, 15) is 29.1 Å². The van der Waals surface area contributed by atoms with E-state index in [1.54, 1.807) is 50.0 Å². The molecule has 0 bridgehead atoms. The lowest BCUT2D eigenvalue weighted by molar-refractivity contribution is -0.136. The zero-order valence-corrected chi connectivity index (χ0v) is 35.4. The van der Waals surface area contributed by atoms with Crippen LogP contribution in [0.15, 0.2) is 60.9 Å². The van der Waals surface area contributed by atoms with Crippen LogP contribution in [0.1, 0.15) is 115 Å². The van der Waals surface area contributed by atoms with Gasteiger partial charge >= 0.3 is 0 Å². The lowest BCUT2D eigenvalue weighted by Crippen LogP contribution is -2.54. The fraction of sp³-hybridized carbons (Fsp3) is 0.435. The van der Waals surface area contributed by atoms with Crippen LogP contribution >= 0.6 is 11.8 Å². The highest BCUT2D eigenvalue weighted by Gasteiger charge is 2.46. The summed E-state index contributed by atoms with van der Waals surface area (Å²) in [6.07, 6.45) is 10.6. The van der Waals surface area contributed by atoms with E-state index in [0.717, 1.165) is 84.5 Å². The number of thioether (sulfide) groups is 1. The highest BCUT2D eigenvalue weighted by molar-refractivity contribution is 8.09. The van der Waals surface area contributed by atoms with Crippen molar-refractivity contribution in [2.75, 3.05) is 25.4 Å². The highest BCUT2D eigenvalue weighted by atomic mass is 32.2. The number of nitrogens with zero attached hydrogens (tertiary/aromatic N) is 3. The first-order valence-electron chi connectivity index (χ1n) is 21.0. The number of carbonyl (C=O) groups excluding carboxylic acids is 5. The first-order valence-corrected chi connectivity index (χ1v) is 21.8. The predicted molar refractivity (Wildman–Crippen MR) is 231 cm³/mol. The second kappa shape index (κ2) is 19.2. The van der Waals surface area contributed by atoms with Crippen LogP contribution in [0, 0.1) is 17.8 Å². The predicted octanol–water partition coefficient (Wildman–Crippen LogP) is 5.39. The molecule has 2 fully saturated rings. The molecule has 7 rings (SSSR count). The third-order valence-electron chi connectivity index (χ3n) is 11.2. The number of ether oxygens (including phenoxy) is 2. The van der Waals surface area contributed by atoms with E-state index in [2.05, 4.69) is 27.5 Å². The standard InChI is InChI=1S/C46H52N6O8S/c1-46(2,58)20-17-29-10-8-11-30(24-29)28-60-36-25-32(26-48-41(36)47)37-27-49-43(61-37)31-18-21-51(22-19-31)39(54)14-6-4-3-5-7-23-59-35-13-9-12-33-40(35)45(57)52(44(33)56)34-15-16-38(53)50-42(34)55/h8-13,24-27,31,34,43,49,58H,3-7,14-16,18-19,21-23,28H2,1-2H3,(H2,47,48)(H,50,53,55). The number of likely N-dealkylation sites (tertiary alicyclic amines) is 1. The molecule has 4 aliphatic heterocycles. The average Bonchev–Trinajstić information content (AvgIpc) is 3.84. The van der Waals surface area contributed by atoms with E-state index >= 15 is 0 Å². The molecule has 3 aromatic rings. The van der Waals surface area contributed by atoms with E-state index in [0.29, 0.717) is 42.9 Å². The van der Waals surface area contributed by atoms with E-state index in [4.69, 9.17) is 15.2 Å². The minimum absolute atomic E-state index is 0.0605. The Hall–Kier alpha value is -5.85. The first-order chi connectivity index (χ1) is 29.3. The number of aromatic nitrogens is 1. The molecule has 0 spiro atoms. The quantitative estimate of drug-likeness (QED) is 0.0868. The lowest BCUT2D eigenvalue weighted by atomic mass is 9.96. The fourth-order valence-electron chi connectivity index (χ4n) is 7.88. The molecule has 0 saturated carbocycles. The molecular weight excluding hydrogens is 797 g/mol. The third-order valence-corrected chi connectivity index (χ3v) is 12.6. The van der Waals surface area contributed by atoms with Gasteiger partial charge in [-0.15, -0.1) is 0 Å². The van der Waals surface area contributed by atoms with Gasteiger partial charge in [-0.3, -0.25) is 34.2 Å². The van der Waals surface area contributed by atoms with Crippen molar-refractivity contribution >= 4 is 52.0 Å². The number of aliphatic hydroxyl groups is 1. The van der Waals surface area contributed by atoms with Crippen LogP contribution in [0.3, 0.4) is 0 Å². The molecule has 14 nitrogen and oxygen atoms in total. The van der Waals surface area contributed by atoms with Crippen molar-refractivity contribution < 1.29 is 38.6 Å².